The van der Waals surface area contributed by atoms with E-state index in [-0.39, 0.29) is 5.25 Å². The first-order chi connectivity index (χ1) is 13.8. The highest BCUT2D eigenvalue weighted by molar-refractivity contribution is 7.93. The lowest BCUT2D eigenvalue weighted by molar-refractivity contribution is 0.479. The van der Waals surface area contributed by atoms with Crippen LogP contribution in [0.25, 0.3) is 5.65 Å². The van der Waals surface area contributed by atoms with Gasteiger partial charge in [0.25, 0.3) is 0 Å². The fraction of sp³-hybridized carbons (Fsp3) is 0.409. The average Bonchev–Trinajstić information content (AvgIpc) is 2.87. The molecule has 0 amide bonds. The fourth-order valence-electron chi connectivity index (χ4n) is 3.80. The lowest BCUT2D eigenvalue weighted by atomic mass is 10.0. The van der Waals surface area contributed by atoms with Gasteiger partial charge >= 0.3 is 0 Å². The SMILES string of the molecule is Cc1cccc(C)c1CNc1cc(NS(=O)(=O)C2CCC2)cn2c(C)c(C)nc12. The van der Waals surface area contributed by atoms with Gasteiger partial charge in [-0.2, -0.15) is 0 Å². The monoisotopic (exact) mass is 412 g/mol. The second-order valence-electron chi connectivity index (χ2n) is 8.04. The second-order valence-corrected chi connectivity index (χ2v) is 10.0. The normalized spacial score (nSPS) is 14.8. The van der Waals surface area contributed by atoms with E-state index in [1.54, 1.807) is 0 Å². The molecule has 0 saturated heterocycles. The number of pyridine rings is 1. The molecular weight excluding hydrogens is 384 g/mol. The molecule has 1 aromatic carbocycles. The van der Waals surface area contributed by atoms with Crippen molar-refractivity contribution in [1.29, 1.82) is 0 Å². The highest BCUT2D eigenvalue weighted by Crippen LogP contribution is 2.30. The third-order valence-electron chi connectivity index (χ3n) is 6.05. The first-order valence-electron chi connectivity index (χ1n) is 10.1. The summed E-state index contributed by atoms with van der Waals surface area (Å²) in [6.07, 6.45) is 4.27. The molecule has 0 radical (unpaired) electrons. The predicted octanol–water partition coefficient (Wildman–Crippen LogP) is 4.47. The van der Waals surface area contributed by atoms with Gasteiger partial charge in [-0.15, -0.1) is 0 Å². The number of aromatic nitrogens is 2. The molecule has 6 nitrogen and oxygen atoms in total. The Morgan fingerprint density at radius 3 is 2.45 bits per heavy atom. The molecule has 3 aromatic rings. The second kappa shape index (κ2) is 7.37. The number of sulfonamides is 1. The van der Waals surface area contributed by atoms with E-state index in [2.05, 4.69) is 42.1 Å². The minimum absolute atomic E-state index is 0.283. The Morgan fingerprint density at radius 2 is 1.83 bits per heavy atom. The van der Waals surface area contributed by atoms with Crippen molar-refractivity contribution in [1.82, 2.24) is 9.38 Å². The summed E-state index contributed by atoms with van der Waals surface area (Å²) < 4.78 is 30.0. The van der Waals surface area contributed by atoms with Gasteiger partial charge in [0.1, 0.15) is 0 Å². The van der Waals surface area contributed by atoms with Gasteiger partial charge in [-0.3, -0.25) is 4.72 Å². The molecule has 4 rings (SSSR count). The number of anilines is 2. The Kier molecular flexibility index (Phi) is 5.02. The first-order valence-corrected chi connectivity index (χ1v) is 11.6. The first kappa shape index (κ1) is 19.8. The molecule has 29 heavy (non-hydrogen) atoms. The van der Waals surface area contributed by atoms with Gasteiger partial charge in [-0.25, -0.2) is 13.4 Å². The maximum Gasteiger partial charge on any atom is 0.235 e. The van der Waals surface area contributed by atoms with E-state index in [0.29, 0.717) is 12.2 Å². The van der Waals surface area contributed by atoms with Gasteiger partial charge in [-0.05, 0) is 63.3 Å². The molecule has 0 bridgehead atoms. The highest BCUT2D eigenvalue weighted by atomic mass is 32.2. The third kappa shape index (κ3) is 3.71. The van der Waals surface area contributed by atoms with Gasteiger partial charge in [0, 0.05) is 18.4 Å². The summed E-state index contributed by atoms with van der Waals surface area (Å²) >= 11 is 0. The number of imidazole rings is 1. The lowest BCUT2D eigenvalue weighted by Crippen LogP contribution is -2.33. The van der Waals surface area contributed by atoms with E-state index in [4.69, 9.17) is 4.98 Å². The van der Waals surface area contributed by atoms with Crippen LogP contribution < -0.4 is 10.0 Å². The van der Waals surface area contributed by atoms with E-state index in [1.807, 2.05) is 30.5 Å². The number of rotatable bonds is 6. The van der Waals surface area contributed by atoms with Crippen LogP contribution in [-0.2, 0) is 16.6 Å². The fourth-order valence-corrected chi connectivity index (χ4v) is 5.36. The van der Waals surface area contributed by atoms with Gasteiger partial charge < -0.3 is 9.72 Å². The number of benzene rings is 1. The standard InChI is InChI=1S/C22H28N4O2S/c1-14-7-5-8-15(2)20(14)12-23-21-11-18(25-29(27,28)19-9-6-10-19)13-26-17(4)16(3)24-22(21)26/h5,7-8,11,13,19,23,25H,6,9-10,12H2,1-4H3. The van der Waals surface area contributed by atoms with Gasteiger partial charge in [-0.1, -0.05) is 24.6 Å². The van der Waals surface area contributed by atoms with Crippen molar-refractivity contribution in [2.24, 2.45) is 0 Å². The van der Waals surface area contributed by atoms with Crippen LogP contribution in [0.1, 0.15) is 47.3 Å². The van der Waals surface area contributed by atoms with Gasteiger partial charge in [0.2, 0.25) is 10.0 Å². The van der Waals surface area contributed by atoms with Crippen molar-refractivity contribution >= 4 is 27.0 Å². The molecule has 0 unspecified atom stereocenters. The van der Waals surface area contributed by atoms with Crippen LogP contribution in [0.15, 0.2) is 30.5 Å². The number of nitrogens with zero attached hydrogens (tertiary/aromatic N) is 2. The molecule has 1 saturated carbocycles. The molecule has 154 valence electrons. The Hall–Kier alpha value is -2.54. The molecule has 0 spiro atoms. The van der Waals surface area contributed by atoms with Crippen LogP contribution in [-0.4, -0.2) is 23.1 Å². The number of hydrogen-bond acceptors (Lipinski definition) is 4. The van der Waals surface area contributed by atoms with Crippen LogP contribution in [0.3, 0.4) is 0 Å². The molecule has 1 fully saturated rings. The maximum atomic E-state index is 12.6. The highest BCUT2D eigenvalue weighted by Gasteiger charge is 2.31. The van der Waals surface area contributed by atoms with E-state index >= 15 is 0 Å². The number of hydrogen-bond donors (Lipinski definition) is 2. The molecule has 2 aromatic heterocycles. The average molecular weight is 413 g/mol. The summed E-state index contributed by atoms with van der Waals surface area (Å²) in [6, 6.07) is 8.12. The third-order valence-corrected chi connectivity index (χ3v) is 7.92. The predicted molar refractivity (Wildman–Crippen MR) is 118 cm³/mol. The van der Waals surface area contributed by atoms with Crippen molar-refractivity contribution in [3.63, 3.8) is 0 Å². The molecule has 0 aliphatic heterocycles. The van der Waals surface area contributed by atoms with Crippen LogP contribution in [0, 0.1) is 27.7 Å². The summed E-state index contributed by atoms with van der Waals surface area (Å²) in [5.74, 6) is 0. The van der Waals surface area contributed by atoms with Gasteiger partial charge in [0.05, 0.1) is 22.3 Å². The number of fused-ring (bicyclic) bond motifs is 1. The zero-order valence-electron chi connectivity index (χ0n) is 17.4. The molecule has 2 heterocycles. The minimum atomic E-state index is -3.36. The van der Waals surface area contributed by atoms with Crippen molar-refractivity contribution in [3.8, 4) is 0 Å². The molecule has 1 aliphatic carbocycles. The largest absolute Gasteiger partial charge is 0.378 e. The summed E-state index contributed by atoms with van der Waals surface area (Å²) in [5, 5.41) is 3.21. The van der Waals surface area contributed by atoms with E-state index in [1.165, 1.54) is 16.7 Å². The van der Waals surface area contributed by atoms with Crippen LogP contribution >= 0.6 is 0 Å². The summed E-state index contributed by atoms with van der Waals surface area (Å²) in [5.41, 5.74) is 7.81. The van der Waals surface area contributed by atoms with E-state index < -0.39 is 10.0 Å². The van der Waals surface area contributed by atoms with Crippen LogP contribution in [0.5, 0.6) is 0 Å². The van der Waals surface area contributed by atoms with Crippen LogP contribution in [0.2, 0.25) is 0 Å². The minimum Gasteiger partial charge on any atom is -0.378 e. The number of aryl methyl sites for hydroxylation is 4. The summed E-state index contributed by atoms with van der Waals surface area (Å²) in [4.78, 5) is 4.69. The molecule has 0 atom stereocenters. The maximum absolute atomic E-state index is 12.6. The quantitative estimate of drug-likeness (QED) is 0.626. The Labute approximate surface area is 172 Å². The molecule has 7 heteroatoms. The number of nitrogens with one attached hydrogen (secondary N) is 2. The summed E-state index contributed by atoms with van der Waals surface area (Å²) in [7, 11) is -3.36. The van der Waals surface area contributed by atoms with Crippen molar-refractivity contribution in [2.45, 2.75) is 58.8 Å². The lowest BCUT2D eigenvalue weighted by Gasteiger charge is -2.25. The Bertz CT molecular complexity index is 1160. The molecule has 1 aliphatic rings. The van der Waals surface area contributed by atoms with Crippen molar-refractivity contribution in [2.75, 3.05) is 10.0 Å². The molecular formula is C22H28N4O2S. The zero-order chi connectivity index (χ0) is 20.8. The zero-order valence-corrected chi connectivity index (χ0v) is 18.2. The van der Waals surface area contributed by atoms with Crippen molar-refractivity contribution in [3.05, 3.63) is 58.5 Å². The Morgan fingerprint density at radius 1 is 1.14 bits per heavy atom. The summed E-state index contributed by atoms with van der Waals surface area (Å²) in [6.45, 7) is 8.82. The van der Waals surface area contributed by atoms with E-state index in [9.17, 15) is 8.42 Å². The van der Waals surface area contributed by atoms with E-state index in [0.717, 1.165) is 42.0 Å². The molecule has 2 N–H and O–H groups in total. The Balaban J connectivity index is 1.71. The van der Waals surface area contributed by atoms with Gasteiger partial charge in [0.15, 0.2) is 5.65 Å². The van der Waals surface area contributed by atoms with Crippen LogP contribution in [0.4, 0.5) is 11.4 Å². The smallest absolute Gasteiger partial charge is 0.235 e. The topological polar surface area (TPSA) is 75.5 Å². The van der Waals surface area contributed by atoms with Crippen molar-refractivity contribution < 1.29 is 8.42 Å².